The van der Waals surface area contributed by atoms with Gasteiger partial charge in [0.2, 0.25) is 5.91 Å². The molecule has 1 N–H and O–H groups in total. The molecule has 0 radical (unpaired) electrons. The third-order valence-electron chi connectivity index (χ3n) is 8.45. The molecule has 1 saturated carbocycles. The molecule has 35 heavy (non-hydrogen) atoms. The van der Waals surface area contributed by atoms with Crippen molar-refractivity contribution in [3.8, 4) is 0 Å². The number of fused-ring (bicyclic) bond motifs is 1. The molecule has 0 unspecified atom stereocenters. The standard InChI is InChI=1S/C29H34N4O2/c1-19-13-22-17-31-27(32-28(34)25-16-24(25)26-5-3-4-9-30-26)15-21(22)14-23(19)20-6-10-33(11-7-20)29(2)8-12-35-18-29/h3-5,9,13-15,17,20,24-25H,6-8,10-12,16,18H2,1-2H3,(H,31,32,34)/t24-,25-,29-/m0/s1. The molecule has 0 bridgehead atoms. The summed E-state index contributed by atoms with van der Waals surface area (Å²) in [5, 5.41) is 5.32. The van der Waals surface area contributed by atoms with Crippen LogP contribution in [0.2, 0.25) is 0 Å². The molecule has 6 nitrogen and oxygen atoms in total. The Hall–Kier alpha value is -2.83. The number of piperidine rings is 1. The van der Waals surface area contributed by atoms with E-state index in [4.69, 9.17) is 4.74 Å². The van der Waals surface area contributed by atoms with Gasteiger partial charge in [-0.05, 0) is 99.3 Å². The molecule has 4 heterocycles. The average Bonchev–Trinajstić information content (AvgIpc) is 3.57. The molecule has 2 aliphatic heterocycles. The summed E-state index contributed by atoms with van der Waals surface area (Å²) in [6, 6.07) is 12.5. The van der Waals surface area contributed by atoms with E-state index in [1.54, 1.807) is 6.20 Å². The molecule has 6 heteroatoms. The first-order valence-corrected chi connectivity index (χ1v) is 13.0. The van der Waals surface area contributed by atoms with E-state index < -0.39 is 0 Å². The molecule has 1 aromatic carbocycles. The molecule has 0 spiro atoms. The number of aromatic nitrogens is 2. The SMILES string of the molecule is Cc1cc2cnc(NC(=O)[C@H]3C[C@@H]3c3ccccn3)cc2cc1C1CCN([C@@]2(C)CCOC2)CC1. The fourth-order valence-corrected chi connectivity index (χ4v) is 6.10. The highest BCUT2D eigenvalue weighted by Gasteiger charge is 2.45. The van der Waals surface area contributed by atoms with Gasteiger partial charge in [0, 0.05) is 47.5 Å². The van der Waals surface area contributed by atoms with Crippen molar-refractivity contribution in [2.45, 2.75) is 56.9 Å². The number of hydrogen-bond donors (Lipinski definition) is 1. The minimum Gasteiger partial charge on any atom is -0.379 e. The molecule has 1 amide bonds. The van der Waals surface area contributed by atoms with Gasteiger partial charge in [0.05, 0.1) is 6.61 Å². The summed E-state index contributed by atoms with van der Waals surface area (Å²) in [6.07, 6.45) is 8.01. The monoisotopic (exact) mass is 470 g/mol. The number of likely N-dealkylation sites (tertiary alicyclic amines) is 1. The smallest absolute Gasteiger partial charge is 0.229 e. The van der Waals surface area contributed by atoms with Gasteiger partial charge in [-0.2, -0.15) is 0 Å². The number of pyridine rings is 2. The first kappa shape index (κ1) is 22.6. The predicted octanol–water partition coefficient (Wildman–Crippen LogP) is 5.04. The van der Waals surface area contributed by atoms with Gasteiger partial charge in [0.25, 0.3) is 0 Å². The normalized spacial score (nSPS) is 27.3. The van der Waals surface area contributed by atoms with Gasteiger partial charge in [0.15, 0.2) is 0 Å². The third kappa shape index (κ3) is 4.45. The zero-order valence-corrected chi connectivity index (χ0v) is 20.7. The number of nitrogens with one attached hydrogen (secondary N) is 1. The molecule has 2 saturated heterocycles. The lowest BCUT2D eigenvalue weighted by Crippen LogP contribution is -2.50. The first-order chi connectivity index (χ1) is 17.0. The van der Waals surface area contributed by atoms with Crippen molar-refractivity contribution in [1.29, 1.82) is 0 Å². The molecule has 6 rings (SSSR count). The lowest BCUT2D eigenvalue weighted by Gasteiger charge is -2.42. The number of benzene rings is 1. The molecule has 1 aliphatic carbocycles. The van der Waals surface area contributed by atoms with E-state index in [2.05, 4.69) is 46.2 Å². The highest BCUT2D eigenvalue weighted by atomic mass is 16.5. The van der Waals surface area contributed by atoms with E-state index in [0.717, 1.165) is 55.6 Å². The van der Waals surface area contributed by atoms with Crippen LogP contribution in [0.5, 0.6) is 0 Å². The van der Waals surface area contributed by atoms with E-state index in [9.17, 15) is 4.79 Å². The number of carbonyl (C=O) groups is 1. The lowest BCUT2D eigenvalue weighted by atomic mass is 9.84. The third-order valence-corrected chi connectivity index (χ3v) is 8.45. The zero-order chi connectivity index (χ0) is 24.0. The van der Waals surface area contributed by atoms with Crippen LogP contribution in [0.3, 0.4) is 0 Å². The number of nitrogens with zero attached hydrogens (tertiary/aromatic N) is 3. The fraction of sp³-hybridized carbons (Fsp3) is 0.483. The molecule has 3 aliphatic rings. The molecule has 3 atom stereocenters. The van der Waals surface area contributed by atoms with E-state index in [1.165, 1.54) is 24.0 Å². The van der Waals surface area contributed by atoms with Gasteiger partial charge in [-0.3, -0.25) is 14.7 Å². The maximum Gasteiger partial charge on any atom is 0.229 e. The summed E-state index contributed by atoms with van der Waals surface area (Å²) in [7, 11) is 0. The molecular formula is C29H34N4O2. The largest absolute Gasteiger partial charge is 0.379 e. The van der Waals surface area contributed by atoms with Crippen molar-refractivity contribution in [2.24, 2.45) is 5.92 Å². The Morgan fingerprint density at radius 2 is 2.00 bits per heavy atom. The minimum absolute atomic E-state index is 0.0201. The maximum absolute atomic E-state index is 12.8. The van der Waals surface area contributed by atoms with Crippen LogP contribution >= 0.6 is 0 Å². The van der Waals surface area contributed by atoms with Gasteiger partial charge in [-0.15, -0.1) is 0 Å². The Morgan fingerprint density at radius 1 is 1.14 bits per heavy atom. The van der Waals surface area contributed by atoms with Gasteiger partial charge in [0.1, 0.15) is 5.82 Å². The van der Waals surface area contributed by atoms with Crippen LogP contribution in [0.1, 0.15) is 61.3 Å². The Kier molecular flexibility index (Phi) is 5.81. The lowest BCUT2D eigenvalue weighted by molar-refractivity contribution is -0.117. The molecule has 2 aromatic heterocycles. The second kappa shape index (κ2) is 8.99. The average molecular weight is 471 g/mol. The number of carbonyl (C=O) groups excluding carboxylic acids is 1. The molecule has 3 aromatic rings. The van der Waals surface area contributed by atoms with Crippen molar-refractivity contribution in [1.82, 2.24) is 14.9 Å². The quantitative estimate of drug-likeness (QED) is 0.566. The molecule has 182 valence electrons. The van der Waals surface area contributed by atoms with Gasteiger partial charge in [-0.1, -0.05) is 12.1 Å². The summed E-state index contributed by atoms with van der Waals surface area (Å²) in [6.45, 7) is 8.56. The van der Waals surface area contributed by atoms with E-state index in [-0.39, 0.29) is 23.3 Å². The van der Waals surface area contributed by atoms with Gasteiger partial charge >= 0.3 is 0 Å². The van der Waals surface area contributed by atoms with Crippen molar-refractivity contribution >= 4 is 22.5 Å². The number of rotatable bonds is 5. The van der Waals surface area contributed by atoms with E-state index in [1.807, 2.05) is 30.5 Å². The fourth-order valence-electron chi connectivity index (χ4n) is 6.10. The zero-order valence-electron chi connectivity index (χ0n) is 20.7. The molecular weight excluding hydrogens is 436 g/mol. The topological polar surface area (TPSA) is 67.4 Å². The van der Waals surface area contributed by atoms with Crippen LogP contribution in [0.25, 0.3) is 10.8 Å². The highest BCUT2D eigenvalue weighted by molar-refractivity contribution is 5.96. The van der Waals surface area contributed by atoms with Crippen LogP contribution in [-0.4, -0.2) is 52.6 Å². The van der Waals surface area contributed by atoms with Crippen molar-refractivity contribution in [3.63, 3.8) is 0 Å². The van der Waals surface area contributed by atoms with Crippen LogP contribution in [0.4, 0.5) is 5.82 Å². The Bertz CT molecular complexity index is 1230. The van der Waals surface area contributed by atoms with Crippen molar-refractivity contribution in [2.75, 3.05) is 31.6 Å². The maximum atomic E-state index is 12.8. The Morgan fingerprint density at radius 3 is 2.74 bits per heavy atom. The van der Waals surface area contributed by atoms with Gasteiger partial charge in [-0.25, -0.2) is 4.98 Å². The highest BCUT2D eigenvalue weighted by Crippen LogP contribution is 2.47. The summed E-state index contributed by atoms with van der Waals surface area (Å²) < 4.78 is 5.70. The van der Waals surface area contributed by atoms with Crippen LogP contribution in [0, 0.1) is 12.8 Å². The Labute approximate surface area is 207 Å². The van der Waals surface area contributed by atoms with Crippen molar-refractivity contribution in [3.05, 3.63) is 65.6 Å². The van der Waals surface area contributed by atoms with Crippen LogP contribution in [-0.2, 0) is 9.53 Å². The second-order valence-corrected chi connectivity index (χ2v) is 10.9. The van der Waals surface area contributed by atoms with Crippen LogP contribution in [0.15, 0.2) is 48.8 Å². The predicted molar refractivity (Wildman–Crippen MR) is 138 cm³/mol. The summed E-state index contributed by atoms with van der Waals surface area (Å²) in [5.41, 5.74) is 3.98. The Balaban J connectivity index is 1.15. The number of aryl methyl sites for hydroxylation is 1. The second-order valence-electron chi connectivity index (χ2n) is 10.9. The summed E-state index contributed by atoms with van der Waals surface area (Å²) >= 11 is 0. The summed E-state index contributed by atoms with van der Waals surface area (Å²) in [5.74, 6) is 1.44. The summed E-state index contributed by atoms with van der Waals surface area (Å²) in [4.78, 5) is 24.4. The van der Waals surface area contributed by atoms with Gasteiger partial charge < -0.3 is 10.1 Å². The van der Waals surface area contributed by atoms with Crippen LogP contribution < -0.4 is 5.32 Å². The number of anilines is 1. The number of amides is 1. The van der Waals surface area contributed by atoms with E-state index in [0.29, 0.717) is 11.7 Å². The van der Waals surface area contributed by atoms with E-state index >= 15 is 0 Å². The first-order valence-electron chi connectivity index (χ1n) is 13.0. The molecule has 3 fully saturated rings. The number of ether oxygens (including phenoxy) is 1. The number of hydrogen-bond acceptors (Lipinski definition) is 5. The van der Waals surface area contributed by atoms with Crippen molar-refractivity contribution < 1.29 is 9.53 Å². The minimum atomic E-state index is -0.0201.